The fourth-order valence-corrected chi connectivity index (χ4v) is 2.57. The number of hydrogen-bond donors (Lipinski definition) is 2. The molecule has 31 heavy (non-hydrogen) atoms. The highest BCUT2D eigenvalue weighted by atomic mass is 19.4. The van der Waals surface area contributed by atoms with Crippen LogP contribution in [0.5, 0.6) is 5.88 Å². The number of hydrogen-bond acceptors (Lipinski definition) is 8. The van der Waals surface area contributed by atoms with Gasteiger partial charge in [-0.2, -0.15) is 18.2 Å². The number of ether oxygens (including phenoxy) is 1. The van der Waals surface area contributed by atoms with Crippen molar-refractivity contribution >= 4 is 11.3 Å². The van der Waals surface area contributed by atoms with E-state index in [-0.39, 0.29) is 18.4 Å². The van der Waals surface area contributed by atoms with Crippen molar-refractivity contribution in [2.75, 3.05) is 13.7 Å². The van der Waals surface area contributed by atoms with Crippen molar-refractivity contribution in [3.8, 4) is 17.3 Å². The van der Waals surface area contributed by atoms with E-state index in [4.69, 9.17) is 20.7 Å². The summed E-state index contributed by atoms with van der Waals surface area (Å²) in [6, 6.07) is 9.35. The molecule has 2 aromatic heterocycles. The minimum atomic E-state index is -4.47. The molecule has 1 aromatic carbocycles. The molecule has 3 rings (SSSR count). The first-order valence-electron chi connectivity index (χ1n) is 9.03. The van der Waals surface area contributed by atoms with Gasteiger partial charge in [0.2, 0.25) is 11.7 Å². The number of benzene rings is 1. The third-order valence-corrected chi connectivity index (χ3v) is 4.27. The second kappa shape index (κ2) is 9.39. The summed E-state index contributed by atoms with van der Waals surface area (Å²) in [5, 5.41) is 3.95. The number of nitrogens with two attached hydrogens (primary N) is 2. The van der Waals surface area contributed by atoms with Crippen LogP contribution in [0.2, 0.25) is 0 Å². The molecule has 0 aliphatic heterocycles. The summed E-state index contributed by atoms with van der Waals surface area (Å²) in [6.07, 6.45) is -2.55. The van der Waals surface area contributed by atoms with Crippen LogP contribution in [0.25, 0.3) is 17.0 Å². The molecule has 0 aliphatic rings. The topological polar surface area (TPSA) is 125 Å². The molecule has 11 heteroatoms. The Hall–Kier alpha value is -3.73. The van der Waals surface area contributed by atoms with Gasteiger partial charge >= 0.3 is 6.18 Å². The van der Waals surface area contributed by atoms with Crippen molar-refractivity contribution in [3.05, 3.63) is 65.8 Å². The van der Waals surface area contributed by atoms with Gasteiger partial charge in [-0.3, -0.25) is 4.99 Å². The SMILES string of the molecule is CN=C(COc1ccc(C(F)(F)F)cn1)/C(=C\N)c1nc(-c2ccc(CN)cc2)no1. The van der Waals surface area contributed by atoms with E-state index in [1.807, 2.05) is 24.3 Å². The van der Waals surface area contributed by atoms with Crippen molar-refractivity contribution in [1.29, 1.82) is 0 Å². The lowest BCUT2D eigenvalue weighted by Crippen LogP contribution is -2.16. The predicted molar refractivity (Wildman–Crippen MR) is 108 cm³/mol. The first-order valence-corrected chi connectivity index (χ1v) is 9.03. The molecule has 4 N–H and O–H groups in total. The van der Waals surface area contributed by atoms with Crippen LogP contribution in [0.3, 0.4) is 0 Å². The van der Waals surface area contributed by atoms with Gasteiger partial charge in [-0.25, -0.2) is 4.98 Å². The summed E-state index contributed by atoms with van der Waals surface area (Å²) in [5.74, 6) is 0.459. The molecule has 0 bridgehead atoms. The fourth-order valence-electron chi connectivity index (χ4n) is 2.57. The molecule has 0 aliphatic carbocycles. The zero-order valence-electron chi connectivity index (χ0n) is 16.4. The summed E-state index contributed by atoms with van der Waals surface area (Å²) < 4.78 is 48.7. The smallest absolute Gasteiger partial charge is 0.417 e. The molecular formula is C20H19F3N6O2. The Morgan fingerprint density at radius 2 is 1.94 bits per heavy atom. The number of nitrogens with zero attached hydrogens (tertiary/aromatic N) is 4. The van der Waals surface area contributed by atoms with Gasteiger partial charge in [0.05, 0.1) is 16.8 Å². The Balaban J connectivity index is 1.72. The monoisotopic (exact) mass is 432 g/mol. The van der Waals surface area contributed by atoms with E-state index in [0.29, 0.717) is 29.9 Å². The Kier molecular flexibility index (Phi) is 6.65. The molecular weight excluding hydrogens is 413 g/mol. The van der Waals surface area contributed by atoms with E-state index >= 15 is 0 Å². The van der Waals surface area contributed by atoms with Crippen LogP contribution in [0, 0.1) is 0 Å². The second-order valence-electron chi connectivity index (χ2n) is 6.25. The van der Waals surface area contributed by atoms with Gasteiger partial charge in [-0.05, 0) is 11.6 Å². The maximum atomic E-state index is 12.6. The Morgan fingerprint density at radius 3 is 2.48 bits per heavy atom. The average Bonchev–Trinajstić information content (AvgIpc) is 3.26. The number of alkyl halides is 3. The number of aromatic nitrogens is 3. The van der Waals surface area contributed by atoms with Crippen LogP contribution in [-0.4, -0.2) is 34.5 Å². The number of rotatable bonds is 7. The molecule has 0 unspecified atom stereocenters. The van der Waals surface area contributed by atoms with Gasteiger partial charge < -0.3 is 20.7 Å². The zero-order chi connectivity index (χ0) is 22.4. The normalized spacial score (nSPS) is 12.8. The van der Waals surface area contributed by atoms with Gasteiger partial charge in [-0.15, -0.1) is 0 Å². The molecule has 0 saturated heterocycles. The standard InChI is InChI=1S/C20H19F3N6O2/c1-26-16(11-30-17-7-6-14(10-27-17)20(21,22)23)15(9-25)19-28-18(29-31-19)13-4-2-12(8-24)3-5-13/h2-7,9-10H,8,11,24-25H2,1H3/b15-9+,26-16?. The predicted octanol–water partition coefficient (Wildman–Crippen LogP) is 3.06. The molecule has 3 aromatic rings. The average molecular weight is 432 g/mol. The Bertz CT molecular complexity index is 1070. The van der Waals surface area contributed by atoms with Crippen molar-refractivity contribution in [2.24, 2.45) is 16.5 Å². The molecule has 0 spiro atoms. The molecule has 162 valence electrons. The highest BCUT2D eigenvalue weighted by Crippen LogP contribution is 2.29. The van der Waals surface area contributed by atoms with E-state index in [1.54, 1.807) is 0 Å². The van der Waals surface area contributed by atoms with Crippen molar-refractivity contribution in [1.82, 2.24) is 15.1 Å². The van der Waals surface area contributed by atoms with E-state index < -0.39 is 11.7 Å². The van der Waals surface area contributed by atoms with Crippen molar-refractivity contribution < 1.29 is 22.4 Å². The van der Waals surface area contributed by atoms with E-state index in [9.17, 15) is 13.2 Å². The lowest BCUT2D eigenvalue weighted by Gasteiger charge is -2.10. The van der Waals surface area contributed by atoms with Crippen molar-refractivity contribution in [2.45, 2.75) is 12.7 Å². The van der Waals surface area contributed by atoms with Crippen LogP contribution >= 0.6 is 0 Å². The van der Waals surface area contributed by atoms with Crippen LogP contribution in [0.4, 0.5) is 13.2 Å². The molecule has 0 saturated carbocycles. The fraction of sp³-hybridized carbons (Fsp3) is 0.200. The van der Waals surface area contributed by atoms with Crippen LogP contribution < -0.4 is 16.2 Å². The summed E-state index contributed by atoms with van der Waals surface area (Å²) in [4.78, 5) is 12.1. The Labute approximate surface area is 175 Å². The third-order valence-electron chi connectivity index (χ3n) is 4.27. The second-order valence-corrected chi connectivity index (χ2v) is 6.25. The van der Waals surface area contributed by atoms with Gasteiger partial charge in [0.25, 0.3) is 5.89 Å². The highest BCUT2D eigenvalue weighted by Gasteiger charge is 2.30. The molecule has 0 atom stereocenters. The molecule has 8 nitrogen and oxygen atoms in total. The third kappa shape index (κ3) is 5.25. The van der Waals surface area contributed by atoms with Gasteiger partial charge in [0.15, 0.2) is 0 Å². The maximum Gasteiger partial charge on any atom is 0.417 e. The quantitative estimate of drug-likeness (QED) is 0.550. The first-order chi connectivity index (χ1) is 14.9. The number of aliphatic imine (C=N–C) groups is 1. The summed E-state index contributed by atoms with van der Waals surface area (Å²) in [5.41, 5.74) is 12.8. The number of pyridine rings is 1. The maximum absolute atomic E-state index is 12.6. The largest absolute Gasteiger partial charge is 0.471 e. The van der Waals surface area contributed by atoms with Gasteiger partial charge in [-0.1, -0.05) is 29.4 Å². The van der Waals surface area contributed by atoms with Crippen LogP contribution in [0.15, 0.2) is 58.3 Å². The Morgan fingerprint density at radius 1 is 1.19 bits per heavy atom. The first kappa shape index (κ1) is 22.0. The van der Waals surface area contributed by atoms with Gasteiger partial charge in [0.1, 0.15) is 6.61 Å². The van der Waals surface area contributed by atoms with Crippen LogP contribution in [-0.2, 0) is 12.7 Å². The lowest BCUT2D eigenvalue weighted by molar-refractivity contribution is -0.137. The summed E-state index contributed by atoms with van der Waals surface area (Å²) in [7, 11) is 1.51. The number of halogens is 3. The molecule has 2 heterocycles. The molecule has 0 amide bonds. The summed E-state index contributed by atoms with van der Waals surface area (Å²) >= 11 is 0. The van der Waals surface area contributed by atoms with Crippen molar-refractivity contribution in [3.63, 3.8) is 0 Å². The minimum absolute atomic E-state index is 0.00302. The minimum Gasteiger partial charge on any atom is -0.471 e. The highest BCUT2D eigenvalue weighted by molar-refractivity contribution is 6.23. The van der Waals surface area contributed by atoms with E-state index in [0.717, 1.165) is 23.3 Å². The molecule has 0 radical (unpaired) electrons. The van der Waals surface area contributed by atoms with E-state index in [2.05, 4.69) is 20.1 Å². The zero-order valence-corrected chi connectivity index (χ0v) is 16.4. The molecule has 0 fully saturated rings. The van der Waals surface area contributed by atoms with Gasteiger partial charge in [0, 0.05) is 37.6 Å². The van der Waals surface area contributed by atoms with Crippen LogP contribution in [0.1, 0.15) is 17.0 Å². The van der Waals surface area contributed by atoms with E-state index in [1.165, 1.54) is 13.2 Å². The lowest BCUT2D eigenvalue weighted by atomic mass is 10.1. The summed E-state index contributed by atoms with van der Waals surface area (Å²) in [6.45, 7) is 0.294.